The van der Waals surface area contributed by atoms with Crippen molar-refractivity contribution < 1.29 is 4.79 Å². The third-order valence-electron chi connectivity index (χ3n) is 3.70. The molecule has 0 aliphatic carbocycles. The van der Waals surface area contributed by atoms with E-state index in [1.807, 2.05) is 67.7 Å². The molecule has 0 saturated heterocycles. The Labute approximate surface area is 124 Å². The molecule has 3 aromatic rings. The number of benzene rings is 2. The Hall–Kier alpha value is -2.55. The summed E-state index contributed by atoms with van der Waals surface area (Å²) in [6.45, 7) is 2.00. The van der Waals surface area contributed by atoms with Crippen LogP contribution in [-0.4, -0.2) is 10.9 Å². The molecular formula is C18H18N2O. The summed E-state index contributed by atoms with van der Waals surface area (Å²) in [5, 5.41) is 4.16. The van der Waals surface area contributed by atoms with Crippen molar-refractivity contribution in [2.75, 3.05) is 0 Å². The number of carbonyl (C=O) groups is 1. The minimum absolute atomic E-state index is 0.0175. The van der Waals surface area contributed by atoms with Crippen LogP contribution in [0, 0.1) is 0 Å². The number of amides is 1. The van der Waals surface area contributed by atoms with E-state index < -0.39 is 0 Å². The van der Waals surface area contributed by atoms with Gasteiger partial charge in [-0.15, -0.1) is 0 Å². The van der Waals surface area contributed by atoms with Crippen LogP contribution in [0.15, 0.2) is 60.8 Å². The molecular weight excluding hydrogens is 260 g/mol. The quantitative estimate of drug-likeness (QED) is 0.752. The largest absolute Gasteiger partial charge is 0.361 e. The highest BCUT2D eigenvalue weighted by atomic mass is 16.1. The molecule has 0 unspecified atom stereocenters. The minimum atomic E-state index is 0.0175. The Morgan fingerprint density at radius 3 is 2.62 bits per heavy atom. The molecule has 21 heavy (non-hydrogen) atoms. The smallest absolute Gasteiger partial charge is 0.224 e. The van der Waals surface area contributed by atoms with E-state index in [1.54, 1.807) is 0 Å². The molecule has 1 heterocycles. The summed E-state index contributed by atoms with van der Waals surface area (Å²) in [7, 11) is 0. The van der Waals surface area contributed by atoms with Crippen LogP contribution < -0.4 is 5.32 Å². The second-order valence-corrected chi connectivity index (χ2v) is 5.24. The maximum Gasteiger partial charge on any atom is 0.224 e. The molecule has 0 fully saturated rings. The summed E-state index contributed by atoms with van der Waals surface area (Å²) >= 11 is 0. The van der Waals surface area contributed by atoms with Crippen LogP contribution >= 0.6 is 0 Å². The van der Waals surface area contributed by atoms with Crippen LogP contribution in [0.25, 0.3) is 10.9 Å². The average Bonchev–Trinajstić information content (AvgIpc) is 2.91. The van der Waals surface area contributed by atoms with Crippen molar-refractivity contribution in [3.63, 3.8) is 0 Å². The van der Waals surface area contributed by atoms with E-state index in [9.17, 15) is 4.79 Å². The first kappa shape index (κ1) is 13.4. The molecule has 3 nitrogen and oxygen atoms in total. The monoisotopic (exact) mass is 278 g/mol. The van der Waals surface area contributed by atoms with Gasteiger partial charge in [0.1, 0.15) is 0 Å². The maximum atomic E-state index is 12.2. The fourth-order valence-electron chi connectivity index (χ4n) is 2.57. The van der Waals surface area contributed by atoms with Crippen LogP contribution in [0.2, 0.25) is 0 Å². The number of H-pyrrole nitrogens is 1. The molecule has 0 aliphatic rings. The van der Waals surface area contributed by atoms with E-state index in [1.165, 1.54) is 0 Å². The van der Waals surface area contributed by atoms with E-state index in [2.05, 4.69) is 10.3 Å². The molecule has 3 rings (SSSR count). The minimum Gasteiger partial charge on any atom is -0.361 e. The highest BCUT2D eigenvalue weighted by molar-refractivity contribution is 5.88. The SMILES string of the molecule is C[C@H](NC(=O)Cc1c[nH]c2ccccc12)c1ccccc1. The van der Waals surface area contributed by atoms with Crippen molar-refractivity contribution in [2.24, 2.45) is 0 Å². The van der Waals surface area contributed by atoms with Gasteiger partial charge in [0.2, 0.25) is 5.91 Å². The van der Waals surface area contributed by atoms with Gasteiger partial charge >= 0.3 is 0 Å². The van der Waals surface area contributed by atoms with Crippen LogP contribution in [0.3, 0.4) is 0 Å². The Morgan fingerprint density at radius 2 is 1.81 bits per heavy atom. The number of rotatable bonds is 4. The zero-order valence-corrected chi connectivity index (χ0v) is 12.0. The van der Waals surface area contributed by atoms with E-state index in [0.717, 1.165) is 22.0 Å². The first-order valence-corrected chi connectivity index (χ1v) is 7.13. The lowest BCUT2D eigenvalue weighted by molar-refractivity contribution is -0.121. The van der Waals surface area contributed by atoms with Gasteiger partial charge in [0.25, 0.3) is 0 Å². The van der Waals surface area contributed by atoms with Crippen molar-refractivity contribution in [3.05, 3.63) is 71.9 Å². The lowest BCUT2D eigenvalue weighted by Crippen LogP contribution is -2.28. The molecule has 1 atom stereocenters. The first-order valence-electron chi connectivity index (χ1n) is 7.13. The van der Waals surface area contributed by atoms with Gasteiger partial charge in [-0.25, -0.2) is 0 Å². The Kier molecular flexibility index (Phi) is 3.73. The number of carbonyl (C=O) groups excluding carboxylic acids is 1. The molecule has 0 spiro atoms. The van der Waals surface area contributed by atoms with Crippen LogP contribution in [-0.2, 0) is 11.2 Å². The van der Waals surface area contributed by atoms with Crippen molar-refractivity contribution >= 4 is 16.8 Å². The molecule has 1 amide bonds. The van der Waals surface area contributed by atoms with Crippen molar-refractivity contribution in [1.29, 1.82) is 0 Å². The molecule has 3 heteroatoms. The number of hydrogen-bond acceptors (Lipinski definition) is 1. The number of fused-ring (bicyclic) bond motifs is 1. The van der Waals surface area contributed by atoms with Gasteiger partial charge in [-0.2, -0.15) is 0 Å². The lowest BCUT2D eigenvalue weighted by Gasteiger charge is -2.14. The molecule has 0 radical (unpaired) electrons. The highest BCUT2D eigenvalue weighted by Gasteiger charge is 2.12. The fourth-order valence-corrected chi connectivity index (χ4v) is 2.57. The van der Waals surface area contributed by atoms with Crippen molar-refractivity contribution in [1.82, 2.24) is 10.3 Å². The number of para-hydroxylation sites is 1. The lowest BCUT2D eigenvalue weighted by atomic mass is 10.1. The number of nitrogens with one attached hydrogen (secondary N) is 2. The normalized spacial score (nSPS) is 12.2. The van der Waals surface area contributed by atoms with Crippen LogP contribution in [0.5, 0.6) is 0 Å². The number of hydrogen-bond donors (Lipinski definition) is 2. The summed E-state index contributed by atoms with van der Waals surface area (Å²) in [5.74, 6) is 0.0381. The van der Waals surface area contributed by atoms with E-state index in [-0.39, 0.29) is 11.9 Å². The van der Waals surface area contributed by atoms with E-state index >= 15 is 0 Å². The van der Waals surface area contributed by atoms with Crippen molar-refractivity contribution in [3.8, 4) is 0 Å². The van der Waals surface area contributed by atoms with Gasteiger partial charge in [-0.1, -0.05) is 48.5 Å². The standard InChI is InChI=1S/C18H18N2O/c1-13(14-7-3-2-4-8-14)20-18(21)11-15-12-19-17-10-6-5-9-16(15)17/h2-10,12-13,19H,11H2,1H3,(H,20,21)/t13-/m0/s1. The molecule has 0 aliphatic heterocycles. The Balaban J connectivity index is 1.69. The average molecular weight is 278 g/mol. The summed E-state index contributed by atoms with van der Waals surface area (Å²) in [6, 6.07) is 18.0. The van der Waals surface area contributed by atoms with Gasteiger partial charge in [0.05, 0.1) is 12.5 Å². The van der Waals surface area contributed by atoms with Gasteiger partial charge < -0.3 is 10.3 Å². The van der Waals surface area contributed by atoms with Gasteiger partial charge in [-0.05, 0) is 24.1 Å². The summed E-state index contributed by atoms with van der Waals surface area (Å²) < 4.78 is 0. The summed E-state index contributed by atoms with van der Waals surface area (Å²) in [6.07, 6.45) is 2.30. The predicted octanol–water partition coefficient (Wildman–Crippen LogP) is 3.59. The Morgan fingerprint density at radius 1 is 1.10 bits per heavy atom. The van der Waals surface area contributed by atoms with E-state index in [4.69, 9.17) is 0 Å². The molecule has 2 aromatic carbocycles. The zero-order valence-electron chi connectivity index (χ0n) is 12.0. The van der Waals surface area contributed by atoms with Gasteiger partial charge in [0, 0.05) is 17.1 Å². The zero-order chi connectivity index (χ0) is 14.7. The number of aromatic amines is 1. The predicted molar refractivity (Wildman–Crippen MR) is 85.0 cm³/mol. The summed E-state index contributed by atoms with van der Waals surface area (Å²) in [5.41, 5.74) is 3.21. The van der Waals surface area contributed by atoms with Crippen LogP contribution in [0.4, 0.5) is 0 Å². The summed E-state index contributed by atoms with van der Waals surface area (Å²) in [4.78, 5) is 15.4. The second-order valence-electron chi connectivity index (χ2n) is 5.24. The molecule has 0 bridgehead atoms. The maximum absolute atomic E-state index is 12.2. The number of aromatic nitrogens is 1. The van der Waals surface area contributed by atoms with E-state index in [0.29, 0.717) is 6.42 Å². The third-order valence-corrected chi connectivity index (χ3v) is 3.70. The Bertz CT molecular complexity index is 746. The second kappa shape index (κ2) is 5.83. The van der Waals surface area contributed by atoms with Gasteiger partial charge in [-0.3, -0.25) is 4.79 Å². The van der Waals surface area contributed by atoms with Crippen molar-refractivity contribution in [2.45, 2.75) is 19.4 Å². The molecule has 2 N–H and O–H groups in total. The third kappa shape index (κ3) is 2.97. The molecule has 0 saturated carbocycles. The van der Waals surface area contributed by atoms with Crippen LogP contribution in [0.1, 0.15) is 24.1 Å². The fraction of sp³-hybridized carbons (Fsp3) is 0.167. The first-order chi connectivity index (χ1) is 10.2. The molecule has 1 aromatic heterocycles. The highest BCUT2D eigenvalue weighted by Crippen LogP contribution is 2.18. The van der Waals surface area contributed by atoms with Gasteiger partial charge in [0.15, 0.2) is 0 Å². The molecule has 106 valence electrons. The topological polar surface area (TPSA) is 44.9 Å².